The number of urea groups is 1. The highest BCUT2D eigenvalue weighted by molar-refractivity contribution is 5.98. The van der Waals surface area contributed by atoms with Crippen molar-refractivity contribution >= 4 is 65.1 Å². The lowest BCUT2D eigenvalue weighted by Gasteiger charge is -2.41. The Kier molecular flexibility index (Phi) is 30.0. The Bertz CT molecular complexity index is 2570. The van der Waals surface area contributed by atoms with E-state index >= 15 is 0 Å². The van der Waals surface area contributed by atoms with Crippen LogP contribution in [-0.4, -0.2) is 175 Å². The van der Waals surface area contributed by atoms with Gasteiger partial charge in [-0.2, -0.15) is 0 Å². The number of nitrogens with one attached hydrogen (secondary N) is 6. The van der Waals surface area contributed by atoms with E-state index in [-0.39, 0.29) is 62.0 Å². The zero-order valence-electron chi connectivity index (χ0n) is 53.1. The lowest BCUT2D eigenvalue weighted by atomic mass is 9.89. The maximum absolute atomic E-state index is 14.8. The Labute approximate surface area is 507 Å². The van der Waals surface area contributed by atoms with Crippen LogP contribution < -0.4 is 37.6 Å². The van der Waals surface area contributed by atoms with Gasteiger partial charge in [0.15, 0.2) is 0 Å². The third kappa shape index (κ3) is 21.6. The summed E-state index contributed by atoms with van der Waals surface area (Å²) < 4.78 is 17.6. The first-order valence-corrected chi connectivity index (χ1v) is 29.9. The molecule has 0 aromatic heterocycles. The summed E-state index contributed by atoms with van der Waals surface area (Å²) in [5.74, 6) is -7.00. The molecule has 1 heterocycles. The number of likely N-dealkylation sites (N-methyl/N-ethyl adjacent to an activating group) is 2. The number of primary amides is 1. The normalized spacial score (nSPS) is 16.7. The van der Waals surface area contributed by atoms with Gasteiger partial charge in [0.05, 0.1) is 36.6 Å². The third-order valence-electron chi connectivity index (χ3n) is 15.9. The van der Waals surface area contributed by atoms with E-state index in [2.05, 4.69) is 31.9 Å². The molecule has 0 bridgehead atoms. The topological polar surface area (TPSA) is 327 Å². The number of nitrogens with zero attached hydrogens (tertiary/aromatic N) is 3. The van der Waals surface area contributed by atoms with Crippen LogP contribution in [0.1, 0.15) is 126 Å². The van der Waals surface area contributed by atoms with Crippen LogP contribution in [0.5, 0.6) is 0 Å². The zero-order valence-corrected chi connectivity index (χ0v) is 53.1. The van der Waals surface area contributed by atoms with Gasteiger partial charge < -0.3 is 66.8 Å². The van der Waals surface area contributed by atoms with Gasteiger partial charge >= 0.3 is 18.1 Å². The molecule has 3 rings (SSSR count). The average Bonchev–Trinajstić information content (AvgIpc) is 2.07. The molecule has 480 valence electrons. The molecule has 0 radical (unpaired) electrons. The molecule has 0 saturated carbocycles. The number of carbonyl (C=O) groups excluding carboxylic acids is 9. The summed E-state index contributed by atoms with van der Waals surface area (Å²) >= 11 is 0. The number of methoxy groups -OCH3 is 2. The van der Waals surface area contributed by atoms with Crippen molar-refractivity contribution in [2.24, 2.45) is 41.2 Å². The molecule has 1 aliphatic heterocycles. The van der Waals surface area contributed by atoms with Crippen LogP contribution in [0.2, 0.25) is 0 Å². The summed E-state index contributed by atoms with van der Waals surface area (Å²) in [6, 6.07) is 8.21. The van der Waals surface area contributed by atoms with Gasteiger partial charge in [0, 0.05) is 59.4 Å². The molecule has 24 heteroatoms. The number of nitrogens with two attached hydrogens (primary N) is 1. The predicted octanol–water partition coefficient (Wildman–Crippen LogP) is 4.82. The van der Waals surface area contributed by atoms with Crippen molar-refractivity contribution in [3.8, 4) is 0 Å². The molecule has 0 spiro atoms. The van der Waals surface area contributed by atoms with E-state index in [9.17, 15) is 53.1 Å². The maximum Gasteiger partial charge on any atom is 0.410 e. The van der Waals surface area contributed by atoms with Gasteiger partial charge in [-0.1, -0.05) is 125 Å². The smallest absolute Gasteiger partial charge is 0.410 e. The van der Waals surface area contributed by atoms with E-state index in [1.54, 1.807) is 123 Å². The molecule has 1 fully saturated rings. The summed E-state index contributed by atoms with van der Waals surface area (Å²) in [4.78, 5) is 138. The van der Waals surface area contributed by atoms with Crippen molar-refractivity contribution in [3.05, 3.63) is 65.7 Å². The van der Waals surface area contributed by atoms with Crippen molar-refractivity contribution in [3.63, 3.8) is 0 Å². The number of carbonyl (C=O) groups is 10. The minimum absolute atomic E-state index is 0.0818. The van der Waals surface area contributed by atoms with Crippen molar-refractivity contribution in [2.75, 3.05) is 46.7 Å². The summed E-state index contributed by atoms with van der Waals surface area (Å²) in [5.41, 5.74) is 6.85. The van der Waals surface area contributed by atoms with Crippen LogP contribution in [-0.2, 0) is 65.6 Å². The fourth-order valence-electron chi connectivity index (χ4n) is 10.7. The fraction of sp³-hybridized carbons (Fsp3) is 0.645. The number of rotatable bonds is 34. The van der Waals surface area contributed by atoms with Crippen molar-refractivity contribution in [1.82, 2.24) is 41.3 Å². The van der Waals surface area contributed by atoms with Gasteiger partial charge in [-0.15, -0.1) is 0 Å². The predicted molar refractivity (Wildman–Crippen MR) is 325 cm³/mol. The first kappa shape index (κ1) is 72.9. The van der Waals surface area contributed by atoms with E-state index in [0.29, 0.717) is 43.5 Å². The second-order valence-electron chi connectivity index (χ2n) is 23.8. The minimum atomic E-state index is -1.19. The highest BCUT2D eigenvalue weighted by atomic mass is 16.6. The van der Waals surface area contributed by atoms with Gasteiger partial charge in [0.2, 0.25) is 41.4 Å². The monoisotopic (exact) mass is 1210 g/mol. The molecule has 24 nitrogen and oxygen atoms in total. The number of amides is 10. The first-order chi connectivity index (χ1) is 40.5. The highest BCUT2D eigenvalue weighted by Crippen LogP contribution is 2.30. The van der Waals surface area contributed by atoms with E-state index in [1.807, 2.05) is 19.9 Å². The lowest BCUT2D eigenvalue weighted by molar-refractivity contribution is -0.148. The number of ether oxygens (including phenoxy) is 3. The SMILES string of the molecule is CC[C@H](C)[C@@H]([C@@H](CC(=O)N1CCC[C@H]1[C@H](OC)[C@@H](C)C(=O)N[C@@H](Cc1ccccc1)C(=O)O)OC)N(C)C(=O)[C@@H](NC(=O)C(C(C)C)N(C)C(=O)OCc1ccc(NC(=O)[C@H](CCCNC(N)=O)NC(=O)[C@@H](NC(=O)C(C)C)C(C)C)cc1)C(C)C. The number of hydrogen-bond donors (Lipinski definition) is 8. The number of hydrogen-bond acceptors (Lipinski definition) is 13. The van der Waals surface area contributed by atoms with Crippen LogP contribution in [0.15, 0.2) is 54.6 Å². The first-order valence-electron chi connectivity index (χ1n) is 29.9. The zero-order chi connectivity index (χ0) is 64.7. The van der Waals surface area contributed by atoms with Crippen LogP contribution in [0.3, 0.4) is 0 Å². The lowest BCUT2D eigenvalue weighted by Crippen LogP contribution is -2.60. The second-order valence-corrected chi connectivity index (χ2v) is 23.8. The second kappa shape index (κ2) is 35.3. The number of aliphatic carboxylic acids is 1. The molecule has 9 N–H and O–H groups in total. The summed E-state index contributed by atoms with van der Waals surface area (Å²) in [6.07, 6.45) is -0.243. The van der Waals surface area contributed by atoms with Crippen molar-refractivity contribution in [1.29, 1.82) is 0 Å². The Balaban J connectivity index is 1.72. The number of carboxylic acids is 1. The number of carboxylic acid groups (broad SMARTS) is 1. The summed E-state index contributed by atoms with van der Waals surface area (Å²) in [7, 11) is 5.99. The summed E-state index contributed by atoms with van der Waals surface area (Å²) in [5, 5.41) is 26.3. The van der Waals surface area contributed by atoms with Crippen molar-refractivity contribution < 1.29 is 67.3 Å². The fourth-order valence-corrected chi connectivity index (χ4v) is 10.7. The molecule has 2 aromatic carbocycles. The number of anilines is 1. The Morgan fingerprint density at radius 1 is 0.698 bits per heavy atom. The minimum Gasteiger partial charge on any atom is -0.480 e. The van der Waals surface area contributed by atoms with Gasteiger partial charge in [-0.05, 0) is 72.6 Å². The Morgan fingerprint density at radius 2 is 1.30 bits per heavy atom. The summed E-state index contributed by atoms with van der Waals surface area (Å²) in [6.45, 7) is 19.9. The molecular weight excluding hydrogens is 1110 g/mol. The van der Waals surface area contributed by atoms with Gasteiger partial charge in [0.1, 0.15) is 36.8 Å². The number of likely N-dealkylation sites (tertiary alicyclic amines) is 1. The molecule has 10 amide bonds. The maximum atomic E-state index is 14.8. The van der Waals surface area contributed by atoms with Crippen molar-refractivity contribution in [2.45, 2.75) is 182 Å². The van der Waals surface area contributed by atoms with E-state index in [0.717, 1.165) is 5.56 Å². The molecule has 1 saturated heterocycles. The number of benzene rings is 2. The van der Waals surface area contributed by atoms with E-state index in [4.69, 9.17) is 19.9 Å². The molecule has 86 heavy (non-hydrogen) atoms. The van der Waals surface area contributed by atoms with E-state index < -0.39 is 120 Å². The third-order valence-corrected chi connectivity index (χ3v) is 15.9. The van der Waals surface area contributed by atoms with Crippen LogP contribution in [0.25, 0.3) is 0 Å². The van der Waals surface area contributed by atoms with Crippen LogP contribution in [0, 0.1) is 35.5 Å². The molecular formula is C62H98N10O14. The van der Waals surface area contributed by atoms with Gasteiger partial charge in [-0.25, -0.2) is 14.4 Å². The highest BCUT2D eigenvalue weighted by Gasteiger charge is 2.44. The van der Waals surface area contributed by atoms with Crippen LogP contribution >= 0.6 is 0 Å². The average molecular weight is 1210 g/mol. The molecule has 0 aliphatic carbocycles. The van der Waals surface area contributed by atoms with Crippen LogP contribution in [0.4, 0.5) is 15.3 Å². The quantitative estimate of drug-likeness (QED) is 0.0436. The Hall–Kier alpha value is -7.34. The molecule has 11 atom stereocenters. The van der Waals surface area contributed by atoms with Gasteiger partial charge in [-0.3, -0.25) is 38.5 Å². The van der Waals surface area contributed by atoms with Gasteiger partial charge in [0.25, 0.3) is 0 Å². The molecule has 1 aliphatic rings. The van der Waals surface area contributed by atoms with E-state index in [1.165, 1.54) is 31.1 Å². The standard InChI is InChI=1S/C62H98N10O14/c1-16-39(10)52(47(84-14)33-48(73)72-31-21-25-46(72)53(85-15)40(11)55(75)67-45(60(80)81)32-41-22-18-17-19-23-41)70(12)59(79)50(36(4)5)69-58(78)51(37(6)7)71(13)62(83)86-34-42-26-28-43(29-27-42)65-56(76)44(24-20-30-64-61(63)82)66-57(77)49(35(2)3)68-54(74)38(8)9/h17-19,22-23,26-29,35-40,44-47,49-53H,16,20-21,24-25,30-34H2,1-15H3,(H,65,76)(H,66,77)(H,67,75)(H,68,74)(H,69,78)(H,80,81)(H3,63,64,82)/t39-,40+,44-,45-,46-,47+,49-,50-,51?,52-,53+/m0/s1. The molecule has 2 aromatic rings. The largest absolute Gasteiger partial charge is 0.480 e. The Morgan fingerprint density at radius 3 is 1.84 bits per heavy atom. The molecule has 1 unspecified atom stereocenters.